The van der Waals surface area contributed by atoms with Crippen molar-refractivity contribution in [3.8, 4) is 5.75 Å². The lowest BCUT2D eigenvalue weighted by molar-refractivity contribution is -0.159. The van der Waals surface area contributed by atoms with Crippen LogP contribution in [-0.4, -0.2) is 41.2 Å². The van der Waals surface area contributed by atoms with Crippen LogP contribution < -0.4 is 4.74 Å². The van der Waals surface area contributed by atoms with Gasteiger partial charge in [0.2, 0.25) is 5.91 Å². The molecule has 2 aliphatic rings. The molecule has 1 aromatic carbocycles. The number of rotatable bonds is 6. The van der Waals surface area contributed by atoms with E-state index >= 15 is 0 Å². The summed E-state index contributed by atoms with van der Waals surface area (Å²) in [6, 6.07) is 7.89. The van der Waals surface area contributed by atoms with Crippen LogP contribution in [0.5, 0.6) is 5.75 Å². The predicted molar refractivity (Wildman–Crippen MR) is 80.2 cm³/mol. The van der Waals surface area contributed by atoms with Gasteiger partial charge >= 0.3 is 0 Å². The number of para-hydroxylation sites is 1. The van der Waals surface area contributed by atoms with E-state index in [2.05, 4.69) is 0 Å². The number of carbonyl (C=O) groups excluding carboxylic acids is 1. The van der Waals surface area contributed by atoms with Gasteiger partial charge < -0.3 is 14.7 Å². The summed E-state index contributed by atoms with van der Waals surface area (Å²) in [5, 5.41) is 10.2. The van der Waals surface area contributed by atoms with Gasteiger partial charge in [-0.2, -0.15) is 0 Å². The van der Waals surface area contributed by atoms with Crippen LogP contribution in [0.3, 0.4) is 0 Å². The number of ether oxygens (including phenoxy) is 1. The van der Waals surface area contributed by atoms with Gasteiger partial charge in [0.25, 0.3) is 0 Å². The zero-order valence-electron chi connectivity index (χ0n) is 12.5. The largest absolute Gasteiger partial charge is 0.493 e. The molecule has 1 heterocycles. The lowest BCUT2D eigenvalue weighted by Gasteiger charge is -2.47. The summed E-state index contributed by atoms with van der Waals surface area (Å²) in [5.74, 6) is 1.46. The third kappa shape index (κ3) is 3.21. The van der Waals surface area contributed by atoms with Gasteiger partial charge in [-0.1, -0.05) is 18.2 Å². The van der Waals surface area contributed by atoms with E-state index in [0.717, 1.165) is 24.2 Å². The number of aryl methyl sites for hydroxylation is 1. The molecule has 0 radical (unpaired) electrons. The fourth-order valence-electron chi connectivity index (χ4n) is 2.95. The number of β-amino-alcohol motifs (C(OH)–C–C–N with tert-alkyl or cyclic N) is 1. The maximum Gasteiger partial charge on any atom is 0.222 e. The molecule has 1 amide bonds. The summed E-state index contributed by atoms with van der Waals surface area (Å²) in [7, 11) is 0. The molecule has 1 aromatic rings. The fraction of sp³-hybridized carbons (Fsp3) is 0.588. The van der Waals surface area contributed by atoms with Crippen molar-refractivity contribution in [2.24, 2.45) is 5.92 Å². The van der Waals surface area contributed by atoms with Crippen molar-refractivity contribution in [1.29, 1.82) is 0 Å². The Morgan fingerprint density at radius 2 is 2.10 bits per heavy atom. The standard InChI is InChI=1S/C17H23NO3/c1-13-5-2-3-6-15(13)21-10-4-7-16(19)18-11-17(20,12-18)14-8-9-14/h2-3,5-6,14,20H,4,7-12H2,1H3. The summed E-state index contributed by atoms with van der Waals surface area (Å²) in [5.41, 5.74) is 0.536. The highest BCUT2D eigenvalue weighted by Gasteiger charge is 2.52. The number of hydrogen-bond acceptors (Lipinski definition) is 3. The highest BCUT2D eigenvalue weighted by Crippen LogP contribution is 2.44. The van der Waals surface area contributed by atoms with Gasteiger partial charge in [-0.3, -0.25) is 4.79 Å². The maximum atomic E-state index is 12.0. The molecule has 2 fully saturated rings. The van der Waals surface area contributed by atoms with Crippen molar-refractivity contribution in [3.05, 3.63) is 29.8 Å². The first-order valence-electron chi connectivity index (χ1n) is 7.77. The first-order valence-corrected chi connectivity index (χ1v) is 7.77. The number of amides is 1. The van der Waals surface area contributed by atoms with Gasteiger partial charge in [0.15, 0.2) is 0 Å². The van der Waals surface area contributed by atoms with Crippen LogP contribution in [0.4, 0.5) is 0 Å². The van der Waals surface area contributed by atoms with Gasteiger partial charge in [-0.05, 0) is 43.7 Å². The van der Waals surface area contributed by atoms with Crippen LogP contribution >= 0.6 is 0 Å². The third-order valence-corrected chi connectivity index (χ3v) is 4.51. The highest BCUT2D eigenvalue weighted by atomic mass is 16.5. The summed E-state index contributed by atoms with van der Waals surface area (Å²) < 4.78 is 5.69. The van der Waals surface area contributed by atoms with E-state index in [1.807, 2.05) is 31.2 Å². The quantitative estimate of drug-likeness (QED) is 0.816. The van der Waals surface area contributed by atoms with E-state index in [9.17, 15) is 9.90 Å². The van der Waals surface area contributed by atoms with Crippen molar-refractivity contribution in [1.82, 2.24) is 4.90 Å². The van der Waals surface area contributed by atoms with Gasteiger partial charge in [0, 0.05) is 6.42 Å². The zero-order chi connectivity index (χ0) is 14.9. The molecule has 114 valence electrons. The molecule has 1 N–H and O–H groups in total. The molecule has 0 aromatic heterocycles. The minimum Gasteiger partial charge on any atom is -0.493 e. The third-order valence-electron chi connectivity index (χ3n) is 4.51. The molecule has 4 nitrogen and oxygen atoms in total. The predicted octanol–water partition coefficient (Wildman–Crippen LogP) is 2.14. The van der Waals surface area contributed by atoms with Crippen LogP contribution in [0.25, 0.3) is 0 Å². The number of benzene rings is 1. The SMILES string of the molecule is Cc1ccccc1OCCCC(=O)N1CC(O)(C2CC2)C1. The van der Waals surface area contributed by atoms with Crippen molar-refractivity contribution < 1.29 is 14.6 Å². The van der Waals surface area contributed by atoms with Crippen LogP contribution in [0, 0.1) is 12.8 Å². The average Bonchev–Trinajstić information content (AvgIpc) is 3.26. The molecule has 1 aliphatic heterocycles. The van der Waals surface area contributed by atoms with Gasteiger partial charge in [0.1, 0.15) is 11.4 Å². The summed E-state index contributed by atoms with van der Waals surface area (Å²) in [4.78, 5) is 13.8. The Kier molecular flexibility index (Phi) is 3.89. The monoisotopic (exact) mass is 289 g/mol. The minimum atomic E-state index is -0.576. The molecule has 0 unspecified atom stereocenters. The minimum absolute atomic E-state index is 0.133. The Morgan fingerprint density at radius 3 is 2.76 bits per heavy atom. The zero-order valence-corrected chi connectivity index (χ0v) is 12.5. The Bertz CT molecular complexity index is 519. The second-order valence-corrected chi connectivity index (χ2v) is 6.35. The van der Waals surface area contributed by atoms with Crippen LogP contribution in [0.1, 0.15) is 31.2 Å². The number of nitrogens with zero attached hydrogens (tertiary/aromatic N) is 1. The number of likely N-dealkylation sites (tertiary alicyclic amines) is 1. The molecule has 0 atom stereocenters. The van der Waals surface area contributed by atoms with Crippen molar-refractivity contribution in [2.45, 2.75) is 38.2 Å². The molecule has 4 heteroatoms. The topological polar surface area (TPSA) is 49.8 Å². The number of hydrogen-bond donors (Lipinski definition) is 1. The molecule has 3 rings (SSSR count). The fourth-order valence-corrected chi connectivity index (χ4v) is 2.95. The molecule has 0 bridgehead atoms. The first-order chi connectivity index (χ1) is 10.1. The maximum absolute atomic E-state index is 12.0. The molecule has 1 saturated carbocycles. The van der Waals surface area contributed by atoms with Crippen molar-refractivity contribution >= 4 is 5.91 Å². The van der Waals surface area contributed by atoms with Crippen LogP contribution in [0.2, 0.25) is 0 Å². The van der Waals surface area contributed by atoms with E-state index < -0.39 is 5.60 Å². The lowest BCUT2D eigenvalue weighted by Crippen LogP contribution is -2.64. The number of aliphatic hydroxyl groups is 1. The van der Waals surface area contributed by atoms with E-state index in [1.165, 1.54) is 0 Å². The number of carbonyl (C=O) groups is 1. The van der Waals surface area contributed by atoms with Gasteiger partial charge in [-0.25, -0.2) is 0 Å². The van der Waals surface area contributed by atoms with Gasteiger partial charge in [-0.15, -0.1) is 0 Å². The normalized spacial score (nSPS) is 20.0. The highest BCUT2D eigenvalue weighted by molar-refractivity contribution is 5.77. The summed E-state index contributed by atoms with van der Waals surface area (Å²) in [6.45, 7) is 3.61. The molecular formula is C17H23NO3. The van der Waals surface area contributed by atoms with E-state index in [-0.39, 0.29) is 5.91 Å². The van der Waals surface area contributed by atoms with E-state index in [4.69, 9.17) is 4.74 Å². The Hall–Kier alpha value is -1.55. The lowest BCUT2D eigenvalue weighted by atomic mass is 9.88. The molecule has 0 spiro atoms. The van der Waals surface area contributed by atoms with Gasteiger partial charge in [0.05, 0.1) is 19.7 Å². The second kappa shape index (κ2) is 5.68. The smallest absolute Gasteiger partial charge is 0.222 e. The Morgan fingerprint density at radius 1 is 1.38 bits per heavy atom. The Balaban J connectivity index is 1.35. The molecule has 1 saturated heterocycles. The van der Waals surface area contributed by atoms with Crippen LogP contribution in [-0.2, 0) is 4.79 Å². The van der Waals surface area contributed by atoms with E-state index in [1.54, 1.807) is 4.90 Å². The molecule has 1 aliphatic carbocycles. The summed E-state index contributed by atoms with van der Waals surface area (Å²) in [6.07, 6.45) is 3.43. The van der Waals surface area contributed by atoms with Crippen molar-refractivity contribution in [2.75, 3.05) is 19.7 Å². The summed E-state index contributed by atoms with van der Waals surface area (Å²) >= 11 is 0. The van der Waals surface area contributed by atoms with Crippen LogP contribution in [0.15, 0.2) is 24.3 Å². The second-order valence-electron chi connectivity index (χ2n) is 6.35. The van der Waals surface area contributed by atoms with Crippen molar-refractivity contribution in [3.63, 3.8) is 0 Å². The average molecular weight is 289 g/mol. The van der Waals surface area contributed by atoms with E-state index in [0.29, 0.717) is 38.5 Å². The Labute approximate surface area is 125 Å². The molecular weight excluding hydrogens is 266 g/mol. The first kappa shape index (κ1) is 14.4. The molecule has 21 heavy (non-hydrogen) atoms.